The number of aryl methyl sites for hydroxylation is 1. The van der Waals surface area contributed by atoms with Gasteiger partial charge in [0.2, 0.25) is 0 Å². The van der Waals surface area contributed by atoms with Crippen LogP contribution in [0.3, 0.4) is 0 Å². The van der Waals surface area contributed by atoms with E-state index in [4.69, 9.17) is 10.8 Å². The van der Waals surface area contributed by atoms with Crippen LogP contribution in [0, 0.1) is 5.82 Å². The number of nitrogens with two attached hydrogens (primary N) is 1. The molecule has 16 heavy (non-hydrogen) atoms. The molecule has 3 nitrogen and oxygen atoms in total. The summed E-state index contributed by atoms with van der Waals surface area (Å²) in [4.78, 5) is 10.6. The van der Waals surface area contributed by atoms with Crippen LogP contribution in [0.1, 0.15) is 23.1 Å². The number of rotatable bonds is 3. The van der Waals surface area contributed by atoms with Crippen LogP contribution in [0.2, 0.25) is 0 Å². The van der Waals surface area contributed by atoms with E-state index in [9.17, 15) is 9.18 Å². The molecule has 0 saturated carbocycles. The number of benzene rings is 1. The number of hydrogen-bond donors (Lipinski definition) is 2. The van der Waals surface area contributed by atoms with Crippen molar-refractivity contribution in [2.75, 3.05) is 0 Å². The molecule has 3 N–H and O–H groups in total. The average Bonchev–Trinajstić information content (AvgIpc) is 2.70. The highest BCUT2D eigenvalue weighted by Gasteiger charge is 2.20. The maximum Gasteiger partial charge on any atom is 0.320 e. The zero-order chi connectivity index (χ0) is 11.7. The van der Waals surface area contributed by atoms with Crippen molar-refractivity contribution in [1.82, 2.24) is 0 Å². The van der Waals surface area contributed by atoms with Crippen molar-refractivity contribution < 1.29 is 14.3 Å². The van der Waals surface area contributed by atoms with Crippen LogP contribution in [-0.4, -0.2) is 17.1 Å². The molecule has 1 aliphatic rings. The molecule has 0 amide bonds. The predicted molar refractivity (Wildman–Crippen MR) is 57.7 cm³/mol. The summed E-state index contributed by atoms with van der Waals surface area (Å²) in [5.41, 5.74) is 7.60. The van der Waals surface area contributed by atoms with Crippen molar-refractivity contribution in [1.29, 1.82) is 0 Å². The second-order valence-corrected chi connectivity index (χ2v) is 4.18. The highest BCUT2D eigenvalue weighted by molar-refractivity contribution is 5.73. The molecule has 0 fully saturated rings. The van der Waals surface area contributed by atoms with E-state index in [0.29, 0.717) is 5.56 Å². The molecular formula is C12H14FNO2. The number of carbonyl (C=O) groups is 1. The monoisotopic (exact) mass is 223 g/mol. The molecule has 0 spiro atoms. The minimum absolute atomic E-state index is 0.0500. The van der Waals surface area contributed by atoms with Crippen LogP contribution in [0.15, 0.2) is 12.1 Å². The summed E-state index contributed by atoms with van der Waals surface area (Å²) in [6.07, 6.45) is 2.68. The Balaban J connectivity index is 2.26. The summed E-state index contributed by atoms with van der Waals surface area (Å²) in [6, 6.07) is 2.51. The summed E-state index contributed by atoms with van der Waals surface area (Å²) in [7, 11) is 0. The fourth-order valence-corrected chi connectivity index (χ4v) is 2.15. The van der Waals surface area contributed by atoms with Gasteiger partial charge in [-0.05, 0) is 36.0 Å². The van der Waals surface area contributed by atoms with Gasteiger partial charge in [-0.2, -0.15) is 0 Å². The molecule has 4 heteroatoms. The van der Waals surface area contributed by atoms with Crippen molar-refractivity contribution in [3.05, 3.63) is 34.6 Å². The van der Waals surface area contributed by atoms with Crippen molar-refractivity contribution in [3.63, 3.8) is 0 Å². The number of carboxylic acids is 1. The molecule has 0 bridgehead atoms. The van der Waals surface area contributed by atoms with Gasteiger partial charge in [0.1, 0.15) is 11.9 Å². The van der Waals surface area contributed by atoms with Crippen LogP contribution in [0.5, 0.6) is 0 Å². The summed E-state index contributed by atoms with van der Waals surface area (Å²) in [5, 5.41) is 8.68. The van der Waals surface area contributed by atoms with Crippen LogP contribution >= 0.6 is 0 Å². The zero-order valence-corrected chi connectivity index (χ0v) is 8.87. The molecule has 2 rings (SSSR count). The lowest BCUT2D eigenvalue weighted by Crippen LogP contribution is -2.32. The van der Waals surface area contributed by atoms with E-state index in [2.05, 4.69) is 0 Å². The summed E-state index contributed by atoms with van der Waals surface area (Å²) in [5.74, 6) is -1.36. The van der Waals surface area contributed by atoms with Crippen molar-refractivity contribution >= 4 is 5.97 Å². The molecular weight excluding hydrogens is 209 g/mol. The quantitative estimate of drug-likeness (QED) is 0.811. The van der Waals surface area contributed by atoms with Crippen LogP contribution in [0.4, 0.5) is 4.39 Å². The van der Waals surface area contributed by atoms with E-state index in [-0.39, 0.29) is 12.2 Å². The van der Waals surface area contributed by atoms with E-state index < -0.39 is 12.0 Å². The summed E-state index contributed by atoms with van der Waals surface area (Å²) in [6.45, 7) is 0. The van der Waals surface area contributed by atoms with Gasteiger partial charge in [-0.25, -0.2) is 4.39 Å². The first kappa shape index (κ1) is 11.1. The maximum absolute atomic E-state index is 13.9. The van der Waals surface area contributed by atoms with Gasteiger partial charge in [-0.1, -0.05) is 12.1 Å². The van der Waals surface area contributed by atoms with E-state index in [1.165, 1.54) is 0 Å². The summed E-state index contributed by atoms with van der Waals surface area (Å²) >= 11 is 0. The van der Waals surface area contributed by atoms with Gasteiger partial charge in [-0.3, -0.25) is 4.79 Å². The molecule has 1 unspecified atom stereocenters. The van der Waals surface area contributed by atoms with Gasteiger partial charge >= 0.3 is 5.97 Å². The Bertz CT molecular complexity index is 431. The molecule has 0 heterocycles. The molecule has 1 aromatic carbocycles. The highest BCUT2D eigenvalue weighted by Crippen LogP contribution is 2.27. The predicted octanol–water partition coefficient (Wildman–Crippen LogP) is 1.27. The van der Waals surface area contributed by atoms with E-state index in [0.717, 1.165) is 30.4 Å². The minimum Gasteiger partial charge on any atom is -0.480 e. The van der Waals surface area contributed by atoms with Gasteiger partial charge in [0.25, 0.3) is 0 Å². The minimum atomic E-state index is -1.10. The third-order valence-electron chi connectivity index (χ3n) is 3.05. The zero-order valence-electron chi connectivity index (χ0n) is 8.87. The van der Waals surface area contributed by atoms with Crippen LogP contribution < -0.4 is 5.73 Å². The van der Waals surface area contributed by atoms with E-state index >= 15 is 0 Å². The number of fused-ring (bicyclic) bond motifs is 1. The molecule has 86 valence electrons. The first-order chi connectivity index (χ1) is 7.59. The molecule has 1 atom stereocenters. The van der Waals surface area contributed by atoms with Crippen molar-refractivity contribution in [3.8, 4) is 0 Å². The number of aliphatic carboxylic acids is 1. The molecule has 0 saturated heterocycles. The smallest absolute Gasteiger partial charge is 0.320 e. The van der Waals surface area contributed by atoms with Gasteiger partial charge in [0.05, 0.1) is 0 Å². The second kappa shape index (κ2) is 4.22. The summed E-state index contributed by atoms with van der Waals surface area (Å²) < 4.78 is 13.9. The normalized spacial score (nSPS) is 15.9. The first-order valence-electron chi connectivity index (χ1n) is 5.37. The Morgan fingerprint density at radius 3 is 2.94 bits per heavy atom. The largest absolute Gasteiger partial charge is 0.480 e. The maximum atomic E-state index is 13.9. The standard InChI is InChI=1S/C12H14FNO2/c13-11-8(6-10(14)12(15)16)5-4-7-2-1-3-9(7)11/h4-5,10H,1-3,6,14H2,(H,15,16). The SMILES string of the molecule is NC(Cc1ccc2c(c1F)CCC2)C(=O)O. The Morgan fingerprint density at radius 1 is 1.50 bits per heavy atom. The number of carboxylic acid groups (broad SMARTS) is 1. The Morgan fingerprint density at radius 2 is 2.25 bits per heavy atom. The highest BCUT2D eigenvalue weighted by atomic mass is 19.1. The third-order valence-corrected chi connectivity index (χ3v) is 3.05. The Labute approximate surface area is 93.1 Å². The lowest BCUT2D eigenvalue weighted by molar-refractivity contribution is -0.138. The van der Waals surface area contributed by atoms with Gasteiger partial charge in [0, 0.05) is 6.42 Å². The topological polar surface area (TPSA) is 63.3 Å². The Kier molecular flexibility index (Phi) is 2.92. The molecule has 0 radical (unpaired) electrons. The lowest BCUT2D eigenvalue weighted by atomic mass is 10.0. The molecule has 0 aromatic heterocycles. The van der Waals surface area contributed by atoms with Crippen LogP contribution in [0.25, 0.3) is 0 Å². The van der Waals surface area contributed by atoms with Crippen molar-refractivity contribution in [2.45, 2.75) is 31.7 Å². The number of halogens is 1. The third kappa shape index (κ3) is 1.93. The van der Waals surface area contributed by atoms with E-state index in [1.54, 1.807) is 6.07 Å². The van der Waals surface area contributed by atoms with Crippen molar-refractivity contribution in [2.24, 2.45) is 5.73 Å². The van der Waals surface area contributed by atoms with E-state index in [1.807, 2.05) is 6.07 Å². The van der Waals surface area contributed by atoms with Gasteiger partial charge in [0.15, 0.2) is 0 Å². The Hall–Kier alpha value is -1.42. The van der Waals surface area contributed by atoms with Crippen LogP contribution in [-0.2, 0) is 24.1 Å². The molecule has 0 aliphatic heterocycles. The molecule has 1 aliphatic carbocycles. The fourth-order valence-electron chi connectivity index (χ4n) is 2.15. The second-order valence-electron chi connectivity index (χ2n) is 4.18. The molecule has 1 aromatic rings. The average molecular weight is 223 g/mol. The lowest BCUT2D eigenvalue weighted by Gasteiger charge is -2.10. The fraction of sp³-hybridized carbons (Fsp3) is 0.417. The van der Waals surface area contributed by atoms with Gasteiger partial charge < -0.3 is 10.8 Å². The number of hydrogen-bond acceptors (Lipinski definition) is 2. The first-order valence-corrected chi connectivity index (χ1v) is 5.37. The van der Waals surface area contributed by atoms with Gasteiger partial charge in [-0.15, -0.1) is 0 Å².